The summed E-state index contributed by atoms with van der Waals surface area (Å²) in [6.45, 7) is 0.287. The summed E-state index contributed by atoms with van der Waals surface area (Å²) in [5, 5.41) is 12.0. The van der Waals surface area contributed by atoms with Crippen LogP contribution in [0.15, 0.2) is 90.1 Å². The molecule has 11 nitrogen and oxygen atoms in total. The van der Waals surface area contributed by atoms with E-state index in [1.165, 1.54) is 19.2 Å². The van der Waals surface area contributed by atoms with Gasteiger partial charge in [-0.3, -0.25) is 20.0 Å². The number of likely N-dealkylation sites (tertiary alicyclic amines) is 1. The Morgan fingerprint density at radius 3 is 2.64 bits per heavy atom. The molecule has 1 atom stereocenters. The van der Waals surface area contributed by atoms with E-state index in [9.17, 15) is 18.0 Å². The van der Waals surface area contributed by atoms with Crippen molar-refractivity contribution in [3.05, 3.63) is 102 Å². The fourth-order valence-electron chi connectivity index (χ4n) is 5.28. The van der Waals surface area contributed by atoms with E-state index in [4.69, 9.17) is 15.9 Å². The number of carbonyl (C=O) groups excluding carboxylic acids is 2. The molecular formula is C32H34N6O5S. The van der Waals surface area contributed by atoms with Crippen LogP contribution in [0, 0.1) is 5.41 Å². The number of amidine groups is 1. The van der Waals surface area contributed by atoms with Gasteiger partial charge in [0.15, 0.2) is 0 Å². The van der Waals surface area contributed by atoms with Gasteiger partial charge >= 0.3 is 0 Å². The largest absolute Gasteiger partial charge is 0.497 e. The van der Waals surface area contributed by atoms with Crippen molar-refractivity contribution in [3.63, 3.8) is 0 Å². The number of carbonyl (C=O) groups is 2. The lowest BCUT2D eigenvalue weighted by molar-refractivity contribution is -0.131. The molecule has 1 aliphatic rings. The van der Waals surface area contributed by atoms with Crippen molar-refractivity contribution < 1.29 is 22.7 Å². The van der Waals surface area contributed by atoms with Crippen LogP contribution in [0.4, 0.5) is 0 Å². The quantitative estimate of drug-likeness (QED) is 0.163. The van der Waals surface area contributed by atoms with Gasteiger partial charge in [-0.15, -0.1) is 0 Å². The topological polar surface area (TPSA) is 159 Å². The van der Waals surface area contributed by atoms with Gasteiger partial charge in [0, 0.05) is 37.6 Å². The lowest BCUT2D eigenvalue weighted by Crippen LogP contribution is -2.49. The van der Waals surface area contributed by atoms with Crippen molar-refractivity contribution in [2.75, 3.05) is 26.7 Å². The van der Waals surface area contributed by atoms with Crippen LogP contribution in [-0.4, -0.2) is 73.0 Å². The Bertz CT molecular complexity index is 1800. The minimum Gasteiger partial charge on any atom is -0.497 e. The predicted molar refractivity (Wildman–Crippen MR) is 167 cm³/mol. The van der Waals surface area contributed by atoms with Crippen LogP contribution in [0.3, 0.4) is 0 Å². The third kappa shape index (κ3) is 6.87. The van der Waals surface area contributed by atoms with E-state index < -0.39 is 34.4 Å². The molecule has 0 radical (unpaired) electrons. The third-order valence-corrected chi connectivity index (χ3v) is 9.46. The minimum absolute atomic E-state index is 0.0261. The average molecular weight is 615 g/mol. The number of ether oxygens (including phenoxy) is 1. The van der Waals surface area contributed by atoms with Crippen LogP contribution in [0.5, 0.6) is 5.75 Å². The number of nitrogens with two attached hydrogens (primary N) is 1. The van der Waals surface area contributed by atoms with E-state index in [-0.39, 0.29) is 30.2 Å². The lowest BCUT2D eigenvalue weighted by Gasteiger charge is -2.27. The Morgan fingerprint density at radius 2 is 1.89 bits per heavy atom. The second-order valence-corrected chi connectivity index (χ2v) is 12.5. The SMILES string of the molecule is COc1ccc2ccc(S(=O)(=O)N(CC(=O)NCCc3cccnc3)[C@H]3CCN(Cc4cccc(C(=N)N)c4)C3=O)cc2c1. The van der Waals surface area contributed by atoms with E-state index >= 15 is 0 Å². The minimum atomic E-state index is -4.29. The molecule has 228 valence electrons. The summed E-state index contributed by atoms with van der Waals surface area (Å²) in [6.07, 6.45) is 4.11. The number of sulfonamides is 1. The number of aromatic nitrogens is 1. The Labute approximate surface area is 256 Å². The van der Waals surface area contributed by atoms with Gasteiger partial charge in [-0.2, -0.15) is 4.31 Å². The zero-order valence-electron chi connectivity index (χ0n) is 24.3. The molecule has 0 saturated carbocycles. The summed E-state index contributed by atoms with van der Waals surface area (Å²) in [5.41, 5.74) is 7.85. The van der Waals surface area contributed by atoms with Gasteiger partial charge in [-0.25, -0.2) is 8.42 Å². The molecular weight excluding hydrogens is 580 g/mol. The molecule has 3 aromatic carbocycles. The molecule has 1 aliphatic heterocycles. The number of hydrogen-bond acceptors (Lipinski definition) is 7. The van der Waals surface area contributed by atoms with Gasteiger partial charge in [-0.1, -0.05) is 36.4 Å². The predicted octanol–water partition coefficient (Wildman–Crippen LogP) is 2.68. The summed E-state index contributed by atoms with van der Waals surface area (Å²) in [5.74, 6) is -0.419. The van der Waals surface area contributed by atoms with Crippen LogP contribution in [0.25, 0.3) is 10.8 Å². The van der Waals surface area contributed by atoms with Crippen molar-refractivity contribution in [3.8, 4) is 5.75 Å². The molecule has 12 heteroatoms. The molecule has 1 saturated heterocycles. The van der Waals surface area contributed by atoms with Gasteiger partial charge in [-0.05, 0) is 71.1 Å². The Hall–Kier alpha value is -4.81. The van der Waals surface area contributed by atoms with Crippen molar-refractivity contribution in [2.24, 2.45) is 5.73 Å². The number of hydrogen-bond donors (Lipinski definition) is 3. The monoisotopic (exact) mass is 614 g/mol. The summed E-state index contributed by atoms with van der Waals surface area (Å²) < 4.78 is 34.7. The molecule has 1 aromatic heterocycles. The molecule has 1 fully saturated rings. The third-order valence-electron chi connectivity index (χ3n) is 7.61. The maximum Gasteiger partial charge on any atom is 0.244 e. The first-order chi connectivity index (χ1) is 21.2. The second kappa shape index (κ2) is 13.2. The molecule has 0 bridgehead atoms. The zero-order valence-corrected chi connectivity index (χ0v) is 25.1. The number of fused-ring (bicyclic) bond motifs is 1. The Balaban J connectivity index is 1.40. The molecule has 2 amide bonds. The summed E-state index contributed by atoms with van der Waals surface area (Å²) in [7, 11) is -2.75. The fraction of sp³-hybridized carbons (Fsp3) is 0.250. The van der Waals surface area contributed by atoms with E-state index in [0.29, 0.717) is 29.7 Å². The van der Waals surface area contributed by atoms with Gasteiger partial charge < -0.3 is 20.7 Å². The van der Waals surface area contributed by atoms with Gasteiger partial charge in [0.05, 0.1) is 18.6 Å². The molecule has 0 aliphatic carbocycles. The second-order valence-electron chi connectivity index (χ2n) is 10.6. The van der Waals surface area contributed by atoms with E-state index in [1.54, 1.807) is 59.8 Å². The summed E-state index contributed by atoms with van der Waals surface area (Å²) in [4.78, 5) is 32.5. The summed E-state index contributed by atoms with van der Waals surface area (Å²) >= 11 is 0. The van der Waals surface area contributed by atoms with Crippen molar-refractivity contribution in [2.45, 2.75) is 30.3 Å². The molecule has 0 spiro atoms. The maximum absolute atomic E-state index is 14.2. The Kier molecular flexibility index (Phi) is 9.21. The standard InChI is InChI=1S/C32H34N6O5S/c1-43-27-9-7-24-8-10-28(18-26(24)17-27)44(41,42)38(21-30(39)36-14-11-22-5-3-13-35-19-22)29-12-15-37(32(29)40)20-23-4-2-6-25(16-23)31(33)34/h2-10,13,16-19,29H,11-12,14-15,20-21H2,1H3,(H3,33,34)(H,36,39)/t29-/m0/s1. The number of benzene rings is 3. The number of methoxy groups -OCH3 is 1. The number of nitrogens with one attached hydrogen (secondary N) is 2. The molecule has 2 heterocycles. The van der Waals surface area contributed by atoms with Crippen LogP contribution in [0.2, 0.25) is 0 Å². The number of amides is 2. The lowest BCUT2D eigenvalue weighted by atomic mass is 10.1. The van der Waals surface area contributed by atoms with Crippen LogP contribution < -0.4 is 15.8 Å². The van der Waals surface area contributed by atoms with E-state index in [1.807, 2.05) is 18.2 Å². The molecule has 4 N–H and O–H groups in total. The zero-order chi connectivity index (χ0) is 31.3. The highest BCUT2D eigenvalue weighted by molar-refractivity contribution is 7.89. The first-order valence-corrected chi connectivity index (χ1v) is 15.6. The molecule has 4 aromatic rings. The molecule has 5 rings (SSSR count). The van der Waals surface area contributed by atoms with Crippen molar-refractivity contribution in [1.29, 1.82) is 5.41 Å². The summed E-state index contributed by atoms with van der Waals surface area (Å²) in [6, 6.07) is 19.7. The highest BCUT2D eigenvalue weighted by Crippen LogP contribution is 2.29. The first kappa shape index (κ1) is 30.6. The van der Waals surface area contributed by atoms with Gasteiger partial charge in [0.25, 0.3) is 0 Å². The van der Waals surface area contributed by atoms with Crippen LogP contribution in [-0.2, 0) is 32.6 Å². The number of nitrogen functional groups attached to an aromatic ring is 1. The highest BCUT2D eigenvalue weighted by Gasteiger charge is 2.43. The maximum atomic E-state index is 14.2. The first-order valence-electron chi connectivity index (χ1n) is 14.1. The van der Waals surface area contributed by atoms with Crippen LogP contribution in [0.1, 0.15) is 23.1 Å². The average Bonchev–Trinajstić information content (AvgIpc) is 3.38. The molecule has 44 heavy (non-hydrogen) atoms. The van der Waals surface area contributed by atoms with Gasteiger partial charge in [0.1, 0.15) is 17.6 Å². The highest BCUT2D eigenvalue weighted by atomic mass is 32.2. The Morgan fingerprint density at radius 1 is 1.09 bits per heavy atom. The number of pyridine rings is 1. The van der Waals surface area contributed by atoms with Gasteiger partial charge in [0.2, 0.25) is 21.8 Å². The van der Waals surface area contributed by atoms with Crippen molar-refractivity contribution >= 4 is 38.4 Å². The normalized spacial score (nSPS) is 15.1. The van der Waals surface area contributed by atoms with Crippen LogP contribution >= 0.6 is 0 Å². The van der Waals surface area contributed by atoms with E-state index in [0.717, 1.165) is 20.8 Å². The smallest absolute Gasteiger partial charge is 0.244 e. The van der Waals surface area contributed by atoms with E-state index in [2.05, 4.69) is 10.3 Å². The van der Waals surface area contributed by atoms with Crippen molar-refractivity contribution in [1.82, 2.24) is 19.5 Å². The fourth-order valence-corrected chi connectivity index (χ4v) is 6.89. The molecule has 0 unspecified atom stereocenters. The number of rotatable bonds is 12. The number of nitrogens with zero attached hydrogens (tertiary/aromatic N) is 3.